The normalized spacial score (nSPS) is 11.3. The Morgan fingerprint density at radius 1 is 1.37 bits per heavy atom. The number of pyridine rings is 1. The molecule has 0 aromatic carbocycles. The Morgan fingerprint density at radius 3 is 2.89 bits per heavy atom. The first-order valence-corrected chi connectivity index (χ1v) is 6.09. The third kappa shape index (κ3) is 1.68. The summed E-state index contributed by atoms with van der Waals surface area (Å²) in [6, 6.07) is 3.63. The summed E-state index contributed by atoms with van der Waals surface area (Å²) in [6.07, 6.45) is 1.54. The van der Waals surface area contributed by atoms with Crippen molar-refractivity contribution in [1.82, 2.24) is 19.2 Å². The lowest BCUT2D eigenvalue weighted by molar-refractivity contribution is 0.327. The van der Waals surface area contributed by atoms with Crippen molar-refractivity contribution in [3.8, 4) is 5.88 Å². The second-order valence-corrected chi connectivity index (χ2v) is 4.39. The predicted molar refractivity (Wildman–Crippen MR) is 71.6 cm³/mol. The lowest BCUT2D eigenvalue weighted by Gasteiger charge is -2.07. The minimum atomic E-state index is -0.0852. The number of nitrogens with zero attached hydrogens (tertiary/aromatic N) is 4. The van der Waals surface area contributed by atoms with Crippen LogP contribution in [0.25, 0.3) is 16.6 Å². The summed E-state index contributed by atoms with van der Waals surface area (Å²) in [5.74, 6) is 0.498. The van der Waals surface area contributed by atoms with Crippen molar-refractivity contribution in [2.45, 2.75) is 13.8 Å². The smallest absolute Gasteiger partial charge is 0.262 e. The van der Waals surface area contributed by atoms with Gasteiger partial charge in [0.15, 0.2) is 0 Å². The average Bonchev–Trinajstić information content (AvgIpc) is 2.79. The minimum Gasteiger partial charge on any atom is -0.478 e. The topological polar surface area (TPSA) is 61.4 Å². The van der Waals surface area contributed by atoms with E-state index in [1.165, 1.54) is 0 Å². The summed E-state index contributed by atoms with van der Waals surface area (Å²) in [7, 11) is 1.73. The quantitative estimate of drug-likeness (QED) is 0.695. The van der Waals surface area contributed by atoms with Gasteiger partial charge < -0.3 is 4.74 Å². The first kappa shape index (κ1) is 11.7. The first-order valence-electron chi connectivity index (χ1n) is 6.09. The van der Waals surface area contributed by atoms with Crippen molar-refractivity contribution >= 4 is 16.6 Å². The van der Waals surface area contributed by atoms with E-state index in [4.69, 9.17) is 4.74 Å². The number of aromatic nitrogens is 4. The van der Waals surface area contributed by atoms with Crippen LogP contribution < -0.4 is 10.3 Å². The third-order valence-electron chi connectivity index (χ3n) is 3.07. The van der Waals surface area contributed by atoms with Gasteiger partial charge in [-0.1, -0.05) is 0 Å². The molecule has 3 heterocycles. The van der Waals surface area contributed by atoms with Gasteiger partial charge in [0.1, 0.15) is 5.65 Å². The van der Waals surface area contributed by atoms with Crippen molar-refractivity contribution in [3.05, 3.63) is 34.4 Å². The van der Waals surface area contributed by atoms with Gasteiger partial charge in [-0.05, 0) is 13.8 Å². The van der Waals surface area contributed by atoms with Crippen LogP contribution in [0.3, 0.4) is 0 Å². The molecule has 0 atom stereocenters. The highest BCUT2D eigenvalue weighted by Gasteiger charge is 2.11. The Morgan fingerprint density at radius 2 is 2.16 bits per heavy atom. The molecule has 6 nitrogen and oxygen atoms in total. The summed E-state index contributed by atoms with van der Waals surface area (Å²) < 4.78 is 8.70. The maximum absolute atomic E-state index is 12.3. The van der Waals surface area contributed by atoms with Gasteiger partial charge in [-0.2, -0.15) is 5.10 Å². The molecule has 98 valence electrons. The molecule has 0 amide bonds. The highest BCUT2D eigenvalue weighted by atomic mass is 16.5. The molecular formula is C13H14N4O2. The highest BCUT2D eigenvalue weighted by Crippen LogP contribution is 2.17. The zero-order valence-corrected chi connectivity index (χ0v) is 11.0. The number of hydrogen-bond donors (Lipinski definition) is 0. The molecule has 0 saturated carbocycles. The Hall–Kier alpha value is -2.37. The number of aryl methyl sites for hydroxylation is 2. The van der Waals surface area contributed by atoms with Crippen molar-refractivity contribution in [2.75, 3.05) is 6.61 Å². The Balaban J connectivity index is 2.48. The van der Waals surface area contributed by atoms with E-state index in [-0.39, 0.29) is 5.56 Å². The van der Waals surface area contributed by atoms with E-state index >= 15 is 0 Å². The standard InChI is InChI=1S/C13H14N4O2/c1-4-19-11-6-10-9(7-14-11)13(18)16(3)12-5-8(2)15-17(10)12/h5-7H,4H2,1-3H3. The molecule has 0 saturated heterocycles. The maximum atomic E-state index is 12.3. The predicted octanol–water partition coefficient (Wildman–Crippen LogP) is 1.29. The molecule has 3 rings (SSSR count). The zero-order chi connectivity index (χ0) is 13.6. The van der Waals surface area contributed by atoms with E-state index < -0.39 is 0 Å². The van der Waals surface area contributed by atoms with Gasteiger partial charge in [0.2, 0.25) is 5.88 Å². The van der Waals surface area contributed by atoms with Crippen LogP contribution in [-0.2, 0) is 7.05 Å². The molecule has 0 aliphatic rings. The molecule has 0 aliphatic carbocycles. The molecule has 0 bridgehead atoms. The molecule has 0 fully saturated rings. The van der Waals surface area contributed by atoms with Gasteiger partial charge in [-0.3, -0.25) is 9.36 Å². The van der Waals surface area contributed by atoms with E-state index in [0.717, 1.165) is 11.3 Å². The van der Waals surface area contributed by atoms with Crippen molar-refractivity contribution < 1.29 is 4.74 Å². The van der Waals surface area contributed by atoms with Gasteiger partial charge in [0.05, 0.1) is 23.2 Å². The largest absolute Gasteiger partial charge is 0.478 e. The summed E-state index contributed by atoms with van der Waals surface area (Å²) in [6.45, 7) is 4.32. The van der Waals surface area contributed by atoms with E-state index in [1.807, 2.05) is 19.9 Å². The number of hydrogen-bond acceptors (Lipinski definition) is 4. The summed E-state index contributed by atoms with van der Waals surface area (Å²) in [4.78, 5) is 16.4. The van der Waals surface area contributed by atoms with Crippen molar-refractivity contribution in [3.63, 3.8) is 0 Å². The van der Waals surface area contributed by atoms with E-state index in [9.17, 15) is 4.79 Å². The lowest BCUT2D eigenvalue weighted by Crippen LogP contribution is -2.20. The van der Waals surface area contributed by atoms with Crippen LogP contribution >= 0.6 is 0 Å². The van der Waals surface area contributed by atoms with Crippen LogP contribution in [-0.4, -0.2) is 25.8 Å². The van der Waals surface area contributed by atoms with Gasteiger partial charge >= 0.3 is 0 Å². The molecule has 0 N–H and O–H groups in total. The second-order valence-electron chi connectivity index (χ2n) is 4.39. The fourth-order valence-corrected chi connectivity index (χ4v) is 2.18. The molecule has 3 aromatic rings. The van der Waals surface area contributed by atoms with Crippen LogP contribution in [0, 0.1) is 6.92 Å². The molecule has 0 radical (unpaired) electrons. The summed E-state index contributed by atoms with van der Waals surface area (Å²) in [5, 5.41) is 4.95. The molecule has 3 aromatic heterocycles. The molecular weight excluding hydrogens is 244 g/mol. The monoisotopic (exact) mass is 258 g/mol. The molecule has 6 heteroatoms. The Labute approximate surface area is 109 Å². The SMILES string of the molecule is CCOc1cc2c(cn1)c(=O)n(C)c1cc(C)nn21. The van der Waals surface area contributed by atoms with E-state index in [0.29, 0.717) is 23.4 Å². The van der Waals surface area contributed by atoms with Crippen LogP contribution in [0.4, 0.5) is 0 Å². The van der Waals surface area contributed by atoms with Crippen molar-refractivity contribution in [2.24, 2.45) is 7.05 Å². The lowest BCUT2D eigenvalue weighted by atomic mass is 10.3. The number of ether oxygens (including phenoxy) is 1. The Kier molecular flexibility index (Phi) is 2.51. The average molecular weight is 258 g/mol. The van der Waals surface area contributed by atoms with Crippen molar-refractivity contribution in [1.29, 1.82) is 0 Å². The van der Waals surface area contributed by atoms with Gasteiger partial charge in [0.25, 0.3) is 5.56 Å². The minimum absolute atomic E-state index is 0.0852. The summed E-state index contributed by atoms with van der Waals surface area (Å²) in [5.41, 5.74) is 2.24. The number of rotatable bonds is 2. The third-order valence-corrected chi connectivity index (χ3v) is 3.07. The second kappa shape index (κ2) is 4.08. The van der Waals surface area contributed by atoms with E-state index in [2.05, 4.69) is 10.1 Å². The van der Waals surface area contributed by atoms with Gasteiger partial charge in [0, 0.05) is 25.4 Å². The Bertz CT molecular complexity index is 832. The number of fused-ring (bicyclic) bond motifs is 3. The molecule has 0 unspecified atom stereocenters. The molecule has 0 aliphatic heterocycles. The highest BCUT2D eigenvalue weighted by molar-refractivity contribution is 5.80. The summed E-state index contributed by atoms with van der Waals surface area (Å²) >= 11 is 0. The first-order chi connectivity index (χ1) is 9.11. The fraction of sp³-hybridized carbons (Fsp3) is 0.308. The molecule has 0 spiro atoms. The van der Waals surface area contributed by atoms with Crippen LogP contribution in [0.1, 0.15) is 12.6 Å². The van der Waals surface area contributed by atoms with E-state index in [1.54, 1.807) is 28.4 Å². The molecule has 19 heavy (non-hydrogen) atoms. The fourth-order valence-electron chi connectivity index (χ4n) is 2.18. The van der Waals surface area contributed by atoms with Gasteiger partial charge in [-0.25, -0.2) is 9.50 Å². The van der Waals surface area contributed by atoms with Crippen LogP contribution in [0.2, 0.25) is 0 Å². The maximum Gasteiger partial charge on any atom is 0.262 e. The van der Waals surface area contributed by atoms with Crippen LogP contribution in [0.15, 0.2) is 23.1 Å². The van der Waals surface area contributed by atoms with Crippen LogP contribution in [0.5, 0.6) is 5.88 Å². The zero-order valence-electron chi connectivity index (χ0n) is 11.0. The van der Waals surface area contributed by atoms with Gasteiger partial charge in [-0.15, -0.1) is 0 Å².